The fourth-order valence-corrected chi connectivity index (χ4v) is 3.37. The van der Waals surface area contributed by atoms with Crippen LogP contribution in [0.5, 0.6) is 5.75 Å². The lowest BCUT2D eigenvalue weighted by molar-refractivity contribution is 0.00454. The molecule has 1 unspecified atom stereocenters. The van der Waals surface area contributed by atoms with Gasteiger partial charge in [0.15, 0.2) is 17.8 Å². The van der Waals surface area contributed by atoms with Crippen LogP contribution in [0, 0.1) is 0 Å². The predicted molar refractivity (Wildman–Crippen MR) is 98.2 cm³/mol. The third-order valence-electron chi connectivity index (χ3n) is 3.65. The van der Waals surface area contributed by atoms with Crippen LogP contribution in [0.15, 0.2) is 43.0 Å². The van der Waals surface area contributed by atoms with Crippen molar-refractivity contribution in [3.8, 4) is 5.75 Å². The number of ether oxygens (including phenoxy) is 2. The minimum Gasteiger partial charge on any atom is -0.423 e. The number of benzene rings is 1. The summed E-state index contributed by atoms with van der Waals surface area (Å²) in [5.41, 5.74) is 6.80. The highest BCUT2D eigenvalue weighted by molar-refractivity contribution is 7.53. The molecule has 0 saturated carbocycles. The second-order valence-electron chi connectivity index (χ2n) is 5.74. The summed E-state index contributed by atoms with van der Waals surface area (Å²) in [6, 6.07) is 8.39. The van der Waals surface area contributed by atoms with E-state index >= 15 is 0 Å². The van der Waals surface area contributed by atoms with Gasteiger partial charge in [-0.05, 0) is 12.1 Å². The molecule has 11 heteroatoms. The van der Waals surface area contributed by atoms with Gasteiger partial charge in [-0.2, -0.15) is 0 Å². The van der Waals surface area contributed by atoms with E-state index in [1.807, 2.05) is 0 Å². The van der Waals surface area contributed by atoms with Crippen LogP contribution in [0.4, 0.5) is 5.82 Å². The van der Waals surface area contributed by atoms with Gasteiger partial charge in [-0.3, -0.25) is 0 Å². The maximum absolute atomic E-state index is 12.3. The van der Waals surface area contributed by atoms with E-state index in [4.69, 9.17) is 19.7 Å². The third kappa shape index (κ3) is 5.01. The Labute approximate surface area is 155 Å². The Morgan fingerprint density at radius 3 is 2.78 bits per heavy atom. The smallest absolute Gasteiger partial charge is 0.402 e. The van der Waals surface area contributed by atoms with Crippen molar-refractivity contribution in [2.75, 3.05) is 25.8 Å². The lowest BCUT2D eigenvalue weighted by Gasteiger charge is -2.20. The third-order valence-corrected chi connectivity index (χ3v) is 4.62. The van der Waals surface area contributed by atoms with Crippen LogP contribution in [-0.2, 0) is 20.6 Å². The zero-order valence-electron chi connectivity index (χ0n) is 14.6. The Balaban J connectivity index is 1.66. The van der Waals surface area contributed by atoms with Gasteiger partial charge < -0.3 is 29.2 Å². The van der Waals surface area contributed by atoms with Gasteiger partial charge in [0.1, 0.15) is 17.6 Å². The largest absolute Gasteiger partial charge is 0.423 e. The summed E-state index contributed by atoms with van der Waals surface area (Å²) in [6.45, 7) is 0.498. The number of nitrogens with two attached hydrogens (primary N) is 1. The fraction of sp³-hybridized carbons (Fsp3) is 0.312. The zero-order chi connectivity index (χ0) is 19.3. The van der Waals surface area contributed by atoms with Crippen LogP contribution in [0.2, 0.25) is 0 Å². The SMILES string of the molecule is COC[C@H](Cn1cnc2c(N)ncnc21)OCP(=O)(O)Oc1ccccc1. The highest BCUT2D eigenvalue weighted by atomic mass is 31.2. The quantitative estimate of drug-likeness (QED) is 0.520. The maximum Gasteiger partial charge on any atom is 0.402 e. The summed E-state index contributed by atoms with van der Waals surface area (Å²) >= 11 is 0. The van der Waals surface area contributed by atoms with Crippen LogP contribution < -0.4 is 10.3 Å². The number of methoxy groups -OCH3 is 1. The molecule has 3 N–H and O–H groups in total. The highest BCUT2D eigenvalue weighted by Gasteiger charge is 2.24. The number of nitrogens with zero attached hydrogens (tertiary/aromatic N) is 4. The number of hydrogen-bond acceptors (Lipinski definition) is 8. The molecule has 2 atom stereocenters. The molecule has 1 aromatic carbocycles. The summed E-state index contributed by atoms with van der Waals surface area (Å²) in [4.78, 5) is 22.3. The Kier molecular flexibility index (Phi) is 6.02. The molecule has 0 fully saturated rings. The first-order valence-corrected chi connectivity index (χ1v) is 9.83. The molecular formula is C16H20N5O5P. The van der Waals surface area contributed by atoms with Gasteiger partial charge in [0.05, 0.1) is 25.6 Å². The second kappa shape index (κ2) is 8.45. The summed E-state index contributed by atoms with van der Waals surface area (Å²) in [6.07, 6.45) is 1.89. The first-order chi connectivity index (χ1) is 13.0. The standard InChI is InChI=1S/C16H20N5O5P/c1-24-8-13(7-21-10-20-14-15(17)18-9-19-16(14)21)25-11-27(22,23)26-12-5-3-2-4-6-12/h2-6,9-10,13H,7-8,11H2,1H3,(H,22,23)(H2,17,18,19)/t13-/m0/s1. The van der Waals surface area contributed by atoms with Gasteiger partial charge in [0.2, 0.25) is 0 Å². The van der Waals surface area contributed by atoms with Crippen molar-refractivity contribution in [3.63, 3.8) is 0 Å². The molecule has 27 heavy (non-hydrogen) atoms. The number of fused-ring (bicyclic) bond motifs is 1. The van der Waals surface area contributed by atoms with Crippen LogP contribution in [-0.4, -0.2) is 50.6 Å². The van der Waals surface area contributed by atoms with Crippen molar-refractivity contribution < 1.29 is 23.5 Å². The van der Waals surface area contributed by atoms with Crippen LogP contribution in [0.25, 0.3) is 11.2 Å². The Morgan fingerprint density at radius 2 is 2.04 bits per heavy atom. The van der Waals surface area contributed by atoms with E-state index in [2.05, 4.69) is 15.0 Å². The van der Waals surface area contributed by atoms with Crippen LogP contribution in [0.1, 0.15) is 0 Å². The second-order valence-corrected chi connectivity index (χ2v) is 7.46. The average molecular weight is 393 g/mol. The van der Waals surface area contributed by atoms with E-state index in [9.17, 15) is 9.46 Å². The fourth-order valence-electron chi connectivity index (χ4n) is 2.46. The van der Waals surface area contributed by atoms with Gasteiger partial charge in [-0.15, -0.1) is 0 Å². The molecular weight excluding hydrogens is 373 g/mol. The molecule has 0 aliphatic carbocycles. The van der Waals surface area contributed by atoms with E-state index in [0.29, 0.717) is 23.5 Å². The normalized spacial score (nSPS) is 14.7. The molecule has 3 aromatic rings. The molecule has 10 nitrogen and oxygen atoms in total. The Bertz CT molecular complexity index is 935. The number of nitrogen functional groups attached to an aromatic ring is 1. The molecule has 144 valence electrons. The van der Waals surface area contributed by atoms with Gasteiger partial charge in [-0.25, -0.2) is 19.5 Å². The van der Waals surface area contributed by atoms with Gasteiger partial charge in [0, 0.05) is 7.11 Å². The molecule has 3 rings (SSSR count). The number of aromatic nitrogens is 4. The van der Waals surface area contributed by atoms with E-state index < -0.39 is 20.0 Å². The lowest BCUT2D eigenvalue weighted by atomic mass is 10.3. The minimum atomic E-state index is -3.99. The van der Waals surface area contributed by atoms with Crippen molar-refractivity contribution in [1.29, 1.82) is 0 Å². The molecule has 2 heterocycles. The highest BCUT2D eigenvalue weighted by Crippen LogP contribution is 2.42. The van der Waals surface area contributed by atoms with Gasteiger partial charge in [0.25, 0.3) is 0 Å². The molecule has 0 saturated heterocycles. The van der Waals surface area contributed by atoms with Crippen molar-refractivity contribution in [2.24, 2.45) is 0 Å². The number of anilines is 1. The number of hydrogen-bond donors (Lipinski definition) is 2. The van der Waals surface area contributed by atoms with E-state index in [0.717, 1.165) is 0 Å². The van der Waals surface area contributed by atoms with E-state index in [1.54, 1.807) is 41.2 Å². The molecule has 0 radical (unpaired) electrons. The Morgan fingerprint density at radius 1 is 1.26 bits per heavy atom. The van der Waals surface area contributed by atoms with Crippen molar-refractivity contribution in [3.05, 3.63) is 43.0 Å². The van der Waals surface area contributed by atoms with Crippen molar-refractivity contribution in [1.82, 2.24) is 19.5 Å². The zero-order valence-corrected chi connectivity index (χ0v) is 15.5. The number of imidazole rings is 1. The summed E-state index contributed by atoms with van der Waals surface area (Å²) in [5.74, 6) is 0.571. The lowest BCUT2D eigenvalue weighted by Crippen LogP contribution is -2.26. The topological polar surface area (TPSA) is 135 Å². The van der Waals surface area contributed by atoms with Crippen LogP contribution >= 0.6 is 7.60 Å². The predicted octanol–water partition coefficient (Wildman–Crippen LogP) is 1.66. The van der Waals surface area contributed by atoms with E-state index in [-0.39, 0.29) is 12.4 Å². The summed E-state index contributed by atoms with van der Waals surface area (Å²) < 4.78 is 29.9. The monoisotopic (exact) mass is 393 g/mol. The number of para-hydroxylation sites is 1. The summed E-state index contributed by atoms with van der Waals surface area (Å²) in [5, 5.41) is 0. The number of rotatable bonds is 9. The molecule has 0 amide bonds. The van der Waals surface area contributed by atoms with Gasteiger partial charge >= 0.3 is 7.60 Å². The average Bonchev–Trinajstić information content (AvgIpc) is 3.05. The molecule has 0 bridgehead atoms. The van der Waals surface area contributed by atoms with Crippen LogP contribution in [0.3, 0.4) is 0 Å². The molecule has 0 aliphatic rings. The first kappa shape index (κ1) is 19.2. The molecule has 0 aliphatic heterocycles. The first-order valence-electron chi connectivity index (χ1n) is 8.07. The molecule has 2 aromatic heterocycles. The van der Waals surface area contributed by atoms with E-state index in [1.165, 1.54) is 13.4 Å². The van der Waals surface area contributed by atoms with Crippen molar-refractivity contribution >= 4 is 24.6 Å². The Hall–Kier alpha value is -2.52. The minimum absolute atomic E-state index is 0.200. The van der Waals surface area contributed by atoms with Crippen molar-refractivity contribution in [2.45, 2.75) is 12.6 Å². The maximum atomic E-state index is 12.3. The summed E-state index contributed by atoms with van der Waals surface area (Å²) in [7, 11) is -2.47. The molecule has 0 spiro atoms. The van der Waals surface area contributed by atoms with Gasteiger partial charge in [-0.1, -0.05) is 18.2 Å².